The number of anilines is 4. The van der Waals surface area contributed by atoms with Gasteiger partial charge in [-0.05, 0) is 25.1 Å². The highest BCUT2D eigenvalue weighted by Gasteiger charge is 2.18. The summed E-state index contributed by atoms with van der Waals surface area (Å²) in [6, 6.07) is 10.9. The predicted octanol–water partition coefficient (Wildman–Crippen LogP) is 3.11. The van der Waals surface area contributed by atoms with Crippen LogP contribution in [-0.4, -0.2) is 46.9 Å². The van der Waals surface area contributed by atoms with Crippen molar-refractivity contribution in [1.82, 2.24) is 39.7 Å². The minimum Gasteiger partial charge on any atom is -0.497 e. The van der Waals surface area contributed by atoms with E-state index in [1.165, 1.54) is 0 Å². The Kier molecular flexibility index (Phi) is 4.60. The number of H-pyrrole nitrogens is 1. The molecule has 0 aliphatic carbocycles. The Hall–Kier alpha value is -4.54. The van der Waals surface area contributed by atoms with Crippen molar-refractivity contribution in [2.45, 2.75) is 6.92 Å². The Morgan fingerprint density at radius 1 is 0.968 bits per heavy atom. The topological polar surface area (TPSA) is 131 Å². The fourth-order valence-corrected chi connectivity index (χ4v) is 3.15. The maximum absolute atomic E-state index is 5.26. The molecule has 5 aromatic rings. The van der Waals surface area contributed by atoms with Gasteiger partial charge in [0.2, 0.25) is 0 Å². The van der Waals surface area contributed by atoms with E-state index in [4.69, 9.17) is 4.74 Å². The summed E-state index contributed by atoms with van der Waals surface area (Å²) in [7, 11) is 1.61. The molecule has 11 nitrogen and oxygen atoms in total. The molecule has 0 unspecified atom stereocenters. The van der Waals surface area contributed by atoms with Crippen LogP contribution < -0.4 is 15.4 Å². The normalized spacial score (nSPS) is 10.9. The van der Waals surface area contributed by atoms with Gasteiger partial charge in [-0.1, -0.05) is 0 Å². The van der Waals surface area contributed by atoms with Crippen molar-refractivity contribution in [2.24, 2.45) is 0 Å². The fraction of sp³-hybridized carbons (Fsp3) is 0.100. The molecule has 0 fully saturated rings. The molecule has 0 spiro atoms. The molecule has 0 atom stereocenters. The molecular weight excluding hydrogens is 396 g/mol. The van der Waals surface area contributed by atoms with Crippen molar-refractivity contribution in [2.75, 3.05) is 17.7 Å². The molecule has 11 heteroatoms. The maximum atomic E-state index is 5.26. The van der Waals surface area contributed by atoms with Crippen molar-refractivity contribution >= 4 is 28.9 Å². The molecule has 0 radical (unpaired) electrons. The molecule has 0 aliphatic rings. The third-order valence-electron chi connectivity index (χ3n) is 4.45. The van der Waals surface area contributed by atoms with E-state index in [9.17, 15) is 0 Å². The third kappa shape index (κ3) is 3.71. The van der Waals surface area contributed by atoms with Crippen LogP contribution in [0.4, 0.5) is 23.3 Å². The van der Waals surface area contributed by atoms with Gasteiger partial charge in [0, 0.05) is 30.6 Å². The molecule has 0 amide bonds. The second-order valence-corrected chi connectivity index (χ2v) is 6.59. The van der Waals surface area contributed by atoms with E-state index in [-0.39, 0.29) is 0 Å². The lowest BCUT2D eigenvalue weighted by molar-refractivity contribution is 0.414. The number of hydrogen-bond donors (Lipinski definition) is 3. The standard InChI is InChI=1S/C20H18N10O/c1-12-24-14(11-17(25-12)26-16-10-13(31-2)5-8-21-16)19-20(27-15-6-9-22-29-15)28-18-4-3-7-23-30(18)19/h3-11H,1-2H3,(H2,22,27,29)(H,21,24,25,26). The smallest absolute Gasteiger partial charge is 0.162 e. The van der Waals surface area contributed by atoms with Gasteiger partial charge >= 0.3 is 0 Å². The summed E-state index contributed by atoms with van der Waals surface area (Å²) in [4.78, 5) is 18.1. The highest BCUT2D eigenvalue weighted by molar-refractivity contribution is 5.78. The van der Waals surface area contributed by atoms with Crippen molar-refractivity contribution in [1.29, 1.82) is 0 Å². The van der Waals surface area contributed by atoms with Gasteiger partial charge in [0.25, 0.3) is 0 Å². The largest absolute Gasteiger partial charge is 0.497 e. The van der Waals surface area contributed by atoms with Gasteiger partial charge in [-0.3, -0.25) is 5.10 Å². The van der Waals surface area contributed by atoms with Gasteiger partial charge in [-0.25, -0.2) is 24.5 Å². The average molecular weight is 414 g/mol. The second kappa shape index (κ2) is 7.71. The quantitative estimate of drug-likeness (QED) is 0.383. The molecule has 31 heavy (non-hydrogen) atoms. The predicted molar refractivity (Wildman–Crippen MR) is 115 cm³/mol. The Morgan fingerprint density at radius 3 is 2.74 bits per heavy atom. The lowest BCUT2D eigenvalue weighted by Crippen LogP contribution is -2.03. The number of rotatable bonds is 6. The molecule has 0 aliphatic heterocycles. The van der Waals surface area contributed by atoms with E-state index in [0.29, 0.717) is 51.9 Å². The van der Waals surface area contributed by atoms with E-state index >= 15 is 0 Å². The lowest BCUT2D eigenvalue weighted by Gasteiger charge is -2.10. The zero-order valence-corrected chi connectivity index (χ0v) is 16.7. The van der Waals surface area contributed by atoms with Gasteiger partial charge in [0.15, 0.2) is 11.5 Å². The zero-order chi connectivity index (χ0) is 21.2. The Labute approximate surface area is 176 Å². The zero-order valence-electron chi connectivity index (χ0n) is 16.7. The number of methoxy groups -OCH3 is 1. The summed E-state index contributed by atoms with van der Waals surface area (Å²) in [6.07, 6.45) is 5.02. The number of aromatic amines is 1. The van der Waals surface area contributed by atoms with Crippen molar-refractivity contribution in [3.05, 3.63) is 60.8 Å². The Balaban J connectivity index is 1.59. The average Bonchev–Trinajstić information content (AvgIpc) is 3.41. The molecule has 5 aromatic heterocycles. The van der Waals surface area contributed by atoms with Gasteiger partial charge in [0.1, 0.15) is 34.7 Å². The van der Waals surface area contributed by atoms with Crippen LogP contribution in [0, 0.1) is 6.92 Å². The number of hydrogen-bond acceptors (Lipinski definition) is 9. The number of nitrogens with zero attached hydrogens (tertiary/aromatic N) is 7. The summed E-state index contributed by atoms with van der Waals surface area (Å²) in [5.41, 5.74) is 2.02. The summed E-state index contributed by atoms with van der Waals surface area (Å²) in [5, 5.41) is 17.8. The van der Waals surface area contributed by atoms with Crippen LogP contribution in [0.3, 0.4) is 0 Å². The van der Waals surface area contributed by atoms with Crippen molar-refractivity contribution in [3.8, 4) is 17.1 Å². The third-order valence-corrected chi connectivity index (χ3v) is 4.45. The number of imidazole rings is 1. The molecular formula is C20H18N10O. The number of nitrogens with one attached hydrogen (secondary N) is 3. The SMILES string of the molecule is COc1ccnc(Nc2cc(-c3c(Nc4ccn[nH]4)nc4cccnn34)nc(C)n2)c1. The minimum absolute atomic E-state index is 0.585. The number of pyridine rings is 1. The first-order valence-corrected chi connectivity index (χ1v) is 9.43. The molecule has 0 saturated carbocycles. The van der Waals surface area contributed by atoms with Crippen LogP contribution in [0.5, 0.6) is 5.75 Å². The van der Waals surface area contributed by atoms with E-state index < -0.39 is 0 Å². The van der Waals surface area contributed by atoms with Crippen LogP contribution in [0.2, 0.25) is 0 Å². The number of aromatic nitrogens is 8. The molecule has 0 saturated heterocycles. The number of fused-ring (bicyclic) bond motifs is 1. The Morgan fingerprint density at radius 2 is 1.90 bits per heavy atom. The minimum atomic E-state index is 0.585. The summed E-state index contributed by atoms with van der Waals surface area (Å²) in [5.74, 6) is 3.76. The van der Waals surface area contributed by atoms with Crippen LogP contribution in [-0.2, 0) is 0 Å². The highest BCUT2D eigenvalue weighted by Crippen LogP contribution is 2.30. The van der Waals surface area contributed by atoms with Crippen LogP contribution >= 0.6 is 0 Å². The summed E-state index contributed by atoms with van der Waals surface area (Å²) >= 11 is 0. The van der Waals surface area contributed by atoms with Gasteiger partial charge in [-0.15, -0.1) is 0 Å². The van der Waals surface area contributed by atoms with Gasteiger partial charge < -0.3 is 15.4 Å². The second-order valence-electron chi connectivity index (χ2n) is 6.59. The number of aryl methyl sites for hydroxylation is 1. The molecule has 5 rings (SSSR count). The van der Waals surface area contributed by atoms with E-state index in [0.717, 1.165) is 0 Å². The van der Waals surface area contributed by atoms with Crippen molar-refractivity contribution in [3.63, 3.8) is 0 Å². The van der Waals surface area contributed by atoms with Gasteiger partial charge in [-0.2, -0.15) is 10.2 Å². The van der Waals surface area contributed by atoms with Crippen LogP contribution in [0.15, 0.2) is 55.0 Å². The monoisotopic (exact) mass is 414 g/mol. The van der Waals surface area contributed by atoms with Gasteiger partial charge in [0.05, 0.1) is 19.0 Å². The Bertz CT molecular complexity index is 1350. The summed E-state index contributed by atoms with van der Waals surface area (Å²) in [6.45, 7) is 1.83. The van der Waals surface area contributed by atoms with Crippen LogP contribution in [0.25, 0.3) is 17.0 Å². The van der Waals surface area contributed by atoms with E-state index in [1.54, 1.807) is 42.3 Å². The van der Waals surface area contributed by atoms with Crippen LogP contribution in [0.1, 0.15) is 5.82 Å². The lowest BCUT2D eigenvalue weighted by atomic mass is 10.2. The first-order chi connectivity index (χ1) is 15.2. The highest BCUT2D eigenvalue weighted by atomic mass is 16.5. The summed E-state index contributed by atoms with van der Waals surface area (Å²) < 4.78 is 6.99. The van der Waals surface area contributed by atoms with Crippen molar-refractivity contribution < 1.29 is 4.74 Å². The molecule has 0 aromatic carbocycles. The first-order valence-electron chi connectivity index (χ1n) is 9.43. The van der Waals surface area contributed by atoms with E-state index in [1.807, 2.05) is 31.2 Å². The first kappa shape index (κ1) is 18.5. The number of ether oxygens (including phenoxy) is 1. The molecule has 5 heterocycles. The fourth-order valence-electron chi connectivity index (χ4n) is 3.15. The molecule has 0 bridgehead atoms. The molecule has 154 valence electrons. The molecule has 3 N–H and O–H groups in total. The maximum Gasteiger partial charge on any atom is 0.162 e. The van der Waals surface area contributed by atoms with E-state index in [2.05, 4.69) is 45.9 Å².